The van der Waals surface area contributed by atoms with Crippen LogP contribution >= 0.6 is 23.5 Å². The van der Waals surface area contributed by atoms with Gasteiger partial charge in [0.2, 0.25) is 11.8 Å². The molecule has 0 radical (unpaired) electrons. The molecule has 4 aromatic carbocycles. The van der Waals surface area contributed by atoms with Gasteiger partial charge in [0.25, 0.3) is 0 Å². The van der Waals surface area contributed by atoms with E-state index in [1.165, 1.54) is 19.3 Å². The van der Waals surface area contributed by atoms with Crippen molar-refractivity contribution in [3.05, 3.63) is 109 Å². The molecule has 4 N–H and O–H groups in total. The van der Waals surface area contributed by atoms with E-state index >= 15 is 0 Å². The van der Waals surface area contributed by atoms with Gasteiger partial charge in [0.05, 0.1) is 0 Å². The predicted octanol–water partition coefficient (Wildman–Crippen LogP) is 10.4. The van der Waals surface area contributed by atoms with E-state index in [-0.39, 0.29) is 11.8 Å². The van der Waals surface area contributed by atoms with E-state index in [1.54, 1.807) is 0 Å². The summed E-state index contributed by atoms with van der Waals surface area (Å²) < 4.78 is 0. The lowest BCUT2D eigenvalue weighted by molar-refractivity contribution is -0.116. The van der Waals surface area contributed by atoms with Crippen LogP contribution in [0.2, 0.25) is 0 Å². The van der Waals surface area contributed by atoms with Crippen molar-refractivity contribution in [2.45, 2.75) is 51.2 Å². The first kappa shape index (κ1) is 35.4. The number of nitrogens with one attached hydrogen (secondary N) is 4. The van der Waals surface area contributed by atoms with Gasteiger partial charge >= 0.3 is 0 Å². The lowest BCUT2D eigenvalue weighted by atomic mass is 9.77. The van der Waals surface area contributed by atoms with Gasteiger partial charge in [-0.3, -0.25) is 9.59 Å². The first-order valence-corrected chi connectivity index (χ1v) is 19.2. The summed E-state index contributed by atoms with van der Waals surface area (Å²) in [6.07, 6.45) is 4.75. The Morgan fingerprint density at radius 1 is 0.646 bits per heavy atom. The smallest absolute Gasteiger partial charge is 0.225 e. The fraction of sp³-hybridized carbons (Fsp3) is 0.350. The van der Waals surface area contributed by atoms with E-state index in [9.17, 15) is 9.59 Å². The van der Waals surface area contributed by atoms with Gasteiger partial charge in [-0.25, -0.2) is 0 Å². The summed E-state index contributed by atoms with van der Waals surface area (Å²) in [5.41, 5.74) is 5.69. The van der Waals surface area contributed by atoms with Gasteiger partial charge < -0.3 is 21.3 Å². The molecule has 6 nitrogen and oxygen atoms in total. The van der Waals surface area contributed by atoms with Crippen LogP contribution in [0.1, 0.15) is 46.0 Å². The van der Waals surface area contributed by atoms with Crippen LogP contribution in [-0.4, -0.2) is 34.3 Å². The number of carbonyl (C=O) groups is 2. The van der Waals surface area contributed by atoms with Crippen LogP contribution < -0.4 is 21.3 Å². The lowest BCUT2D eigenvalue weighted by Crippen LogP contribution is -2.30. The van der Waals surface area contributed by atoms with Crippen LogP contribution in [0.4, 0.5) is 34.1 Å². The van der Waals surface area contributed by atoms with Crippen molar-refractivity contribution in [2.24, 2.45) is 17.8 Å². The molecule has 0 bridgehead atoms. The molecule has 1 fully saturated rings. The molecule has 1 aliphatic carbocycles. The Balaban J connectivity index is 0.949. The molecule has 4 unspecified atom stereocenters. The minimum Gasteiger partial charge on any atom is -0.356 e. The van der Waals surface area contributed by atoms with Gasteiger partial charge in [0, 0.05) is 63.7 Å². The van der Waals surface area contributed by atoms with Crippen molar-refractivity contribution in [1.29, 1.82) is 0 Å². The molecule has 0 saturated heterocycles. The highest BCUT2D eigenvalue weighted by molar-refractivity contribution is 8.00. The maximum Gasteiger partial charge on any atom is 0.225 e. The Kier molecular flexibility index (Phi) is 13.7. The zero-order valence-electron chi connectivity index (χ0n) is 28.0. The first-order valence-electron chi connectivity index (χ1n) is 17.0. The summed E-state index contributed by atoms with van der Waals surface area (Å²) in [6, 6.07) is 35.8. The van der Waals surface area contributed by atoms with Crippen molar-refractivity contribution >= 4 is 69.5 Å². The molecule has 1 saturated carbocycles. The number of benzene rings is 4. The maximum absolute atomic E-state index is 12.7. The monoisotopic (exact) mass is 680 g/mol. The van der Waals surface area contributed by atoms with Crippen molar-refractivity contribution < 1.29 is 9.59 Å². The normalized spacial score (nSPS) is 18.0. The summed E-state index contributed by atoms with van der Waals surface area (Å²) in [5.74, 6) is 4.84. The van der Waals surface area contributed by atoms with E-state index in [4.69, 9.17) is 0 Å². The second-order valence-corrected chi connectivity index (χ2v) is 15.2. The van der Waals surface area contributed by atoms with E-state index in [0.717, 1.165) is 51.4 Å². The predicted molar refractivity (Wildman–Crippen MR) is 208 cm³/mol. The molecule has 0 spiro atoms. The summed E-state index contributed by atoms with van der Waals surface area (Å²) >= 11 is 3.86. The first-order chi connectivity index (χ1) is 23.4. The summed E-state index contributed by atoms with van der Waals surface area (Å²) in [5, 5.41) is 13.4. The van der Waals surface area contributed by atoms with Crippen molar-refractivity contribution in [3.63, 3.8) is 0 Å². The van der Waals surface area contributed by atoms with Crippen molar-refractivity contribution in [3.8, 4) is 0 Å². The Labute approximate surface area is 294 Å². The van der Waals surface area contributed by atoms with Gasteiger partial charge in [0.1, 0.15) is 0 Å². The number of hydrogen-bond donors (Lipinski definition) is 4. The van der Waals surface area contributed by atoms with E-state index in [1.807, 2.05) is 133 Å². The number of para-hydroxylation sites is 2. The molecular weight excluding hydrogens is 633 g/mol. The second kappa shape index (κ2) is 18.6. The topological polar surface area (TPSA) is 82.3 Å². The number of hydrogen-bond acceptors (Lipinski definition) is 6. The van der Waals surface area contributed by atoms with E-state index < -0.39 is 0 Å². The molecule has 252 valence electrons. The van der Waals surface area contributed by atoms with Crippen molar-refractivity contribution in [2.75, 3.05) is 38.5 Å². The van der Waals surface area contributed by atoms with Crippen LogP contribution in [0.25, 0.3) is 0 Å². The molecule has 0 aliphatic heterocycles. The lowest BCUT2D eigenvalue weighted by Gasteiger charge is -2.37. The Hall–Kier alpha value is -3.88. The Morgan fingerprint density at radius 2 is 1.10 bits per heavy atom. The zero-order valence-corrected chi connectivity index (χ0v) is 29.6. The quantitative estimate of drug-likeness (QED) is 0.0882. The number of rotatable bonds is 16. The largest absolute Gasteiger partial charge is 0.356 e. The third kappa shape index (κ3) is 11.7. The Bertz CT molecular complexity index is 1550. The minimum absolute atomic E-state index is 0.0583. The van der Waals surface area contributed by atoms with Crippen molar-refractivity contribution in [1.82, 2.24) is 0 Å². The average Bonchev–Trinajstić information content (AvgIpc) is 3.10. The van der Waals surface area contributed by atoms with E-state index in [2.05, 4.69) is 35.1 Å². The molecule has 0 heterocycles. The average molecular weight is 681 g/mol. The van der Waals surface area contributed by atoms with Gasteiger partial charge in [-0.2, -0.15) is 23.5 Å². The van der Waals surface area contributed by atoms with Gasteiger partial charge in [-0.15, -0.1) is 0 Å². The molecule has 0 aromatic heterocycles. The second-order valence-electron chi connectivity index (χ2n) is 12.7. The summed E-state index contributed by atoms with van der Waals surface area (Å²) in [4.78, 5) is 25.2. The number of carbonyl (C=O) groups excluding carboxylic acids is 2. The third-order valence-electron chi connectivity index (χ3n) is 8.94. The van der Waals surface area contributed by atoms with Gasteiger partial charge in [0.15, 0.2) is 0 Å². The molecule has 4 atom stereocenters. The van der Waals surface area contributed by atoms with Crippen LogP contribution in [-0.2, 0) is 9.59 Å². The molecule has 48 heavy (non-hydrogen) atoms. The fourth-order valence-corrected chi connectivity index (χ4v) is 8.63. The SMILES string of the molecule is CC(CSCCC(=O)Nc1ccc(Nc2ccccc2)cc1)C1CCC(C)C(SCCC(=O)Nc2ccc(Nc3ccccc3)cc2)C1. The van der Waals surface area contributed by atoms with Gasteiger partial charge in [-0.05, 0) is 116 Å². The molecule has 8 heteroatoms. The zero-order chi connectivity index (χ0) is 33.6. The van der Waals surface area contributed by atoms with Gasteiger partial charge in [-0.1, -0.05) is 50.2 Å². The minimum atomic E-state index is 0.0583. The van der Waals surface area contributed by atoms with Crippen LogP contribution in [0.5, 0.6) is 0 Å². The summed E-state index contributed by atoms with van der Waals surface area (Å²) in [6.45, 7) is 4.74. The van der Waals surface area contributed by atoms with Crippen LogP contribution in [0.3, 0.4) is 0 Å². The molecule has 5 rings (SSSR count). The standard InChI is InChI=1S/C40H48N4O2S2/c1-29-13-14-31(27-38(29)48-26-24-40(46)44-37-21-17-35(18-22-37)42-33-11-7-4-8-12-33)30(2)28-47-25-23-39(45)43-36-19-15-34(16-20-36)41-32-9-5-3-6-10-32/h3-12,15-22,29-31,38,41-42H,13-14,23-28H2,1-2H3,(H,43,45)(H,44,46). The third-order valence-corrected chi connectivity index (χ3v) is 11.7. The Morgan fingerprint density at radius 3 is 1.62 bits per heavy atom. The van der Waals surface area contributed by atoms with E-state index in [0.29, 0.717) is 35.8 Å². The highest BCUT2D eigenvalue weighted by Crippen LogP contribution is 2.40. The number of amides is 2. The highest BCUT2D eigenvalue weighted by Gasteiger charge is 2.31. The highest BCUT2D eigenvalue weighted by atomic mass is 32.2. The van der Waals surface area contributed by atoms with Crippen LogP contribution in [0.15, 0.2) is 109 Å². The number of thioether (sulfide) groups is 2. The van der Waals surface area contributed by atoms with Crippen LogP contribution in [0, 0.1) is 17.8 Å². The number of anilines is 6. The fourth-order valence-electron chi connectivity index (χ4n) is 6.03. The molecule has 2 amide bonds. The molecule has 4 aromatic rings. The maximum atomic E-state index is 12.7. The molecular formula is C40H48N4O2S2. The molecule has 1 aliphatic rings. The summed E-state index contributed by atoms with van der Waals surface area (Å²) in [7, 11) is 0.